The zero-order valence-corrected chi connectivity index (χ0v) is 10.7. The van der Waals surface area contributed by atoms with Crippen molar-refractivity contribution in [1.29, 1.82) is 0 Å². The highest BCUT2D eigenvalue weighted by Gasteiger charge is 2.31. The summed E-state index contributed by atoms with van der Waals surface area (Å²) in [5.74, 6) is 0.233. The average molecular weight is 260 g/mol. The van der Waals surface area contributed by atoms with Gasteiger partial charge in [0.1, 0.15) is 5.75 Å². The Balaban J connectivity index is 1.68. The highest BCUT2D eigenvalue weighted by atomic mass is 16.5. The Morgan fingerprint density at radius 3 is 3.00 bits per heavy atom. The first-order valence-electron chi connectivity index (χ1n) is 6.49. The van der Waals surface area contributed by atoms with E-state index in [2.05, 4.69) is 10.6 Å². The zero-order valence-electron chi connectivity index (χ0n) is 10.7. The van der Waals surface area contributed by atoms with Crippen LogP contribution in [0.25, 0.3) is 0 Å². The molecule has 0 spiro atoms. The standard InChI is InChI=1S/C14H16N2O3/c1-8-2-5-11-10(6-8)16-14(18)12(19-11)7-13(17)15-9-3-4-9/h2,5-6,9,12H,3-4,7H2,1H3,(H,15,17)(H,16,18). The number of hydrogen-bond acceptors (Lipinski definition) is 3. The van der Waals surface area contributed by atoms with Crippen LogP contribution in [0.15, 0.2) is 18.2 Å². The molecule has 0 bridgehead atoms. The monoisotopic (exact) mass is 260 g/mol. The van der Waals surface area contributed by atoms with Gasteiger partial charge in [-0.15, -0.1) is 0 Å². The van der Waals surface area contributed by atoms with E-state index in [0.717, 1.165) is 18.4 Å². The number of carbonyl (C=O) groups is 2. The van der Waals surface area contributed by atoms with Crippen LogP contribution in [0.5, 0.6) is 5.75 Å². The lowest BCUT2D eigenvalue weighted by atomic mass is 10.1. The maximum atomic E-state index is 11.9. The van der Waals surface area contributed by atoms with Crippen LogP contribution in [0.4, 0.5) is 5.69 Å². The van der Waals surface area contributed by atoms with Gasteiger partial charge in [-0.05, 0) is 37.5 Å². The first kappa shape index (κ1) is 12.0. The van der Waals surface area contributed by atoms with Gasteiger partial charge in [0.2, 0.25) is 5.91 Å². The van der Waals surface area contributed by atoms with Crippen molar-refractivity contribution in [2.24, 2.45) is 0 Å². The molecule has 1 aromatic carbocycles. The molecule has 5 heteroatoms. The van der Waals surface area contributed by atoms with Crippen LogP contribution < -0.4 is 15.4 Å². The van der Waals surface area contributed by atoms with Crippen molar-refractivity contribution < 1.29 is 14.3 Å². The highest BCUT2D eigenvalue weighted by Crippen LogP contribution is 2.31. The van der Waals surface area contributed by atoms with Crippen molar-refractivity contribution in [3.63, 3.8) is 0 Å². The third-order valence-electron chi connectivity index (χ3n) is 3.27. The van der Waals surface area contributed by atoms with E-state index >= 15 is 0 Å². The molecule has 1 heterocycles. The Labute approximate surface area is 111 Å². The van der Waals surface area contributed by atoms with E-state index < -0.39 is 6.10 Å². The third kappa shape index (κ3) is 2.70. The lowest BCUT2D eigenvalue weighted by molar-refractivity contribution is -0.130. The number of nitrogens with one attached hydrogen (secondary N) is 2. The Hall–Kier alpha value is -2.04. The van der Waals surface area contributed by atoms with E-state index in [-0.39, 0.29) is 18.2 Å². The molecule has 2 N–H and O–H groups in total. The van der Waals surface area contributed by atoms with Crippen molar-refractivity contribution in [3.05, 3.63) is 23.8 Å². The molecular weight excluding hydrogens is 244 g/mol. The molecule has 2 amide bonds. The van der Waals surface area contributed by atoms with Gasteiger partial charge in [-0.3, -0.25) is 9.59 Å². The minimum absolute atomic E-state index is 0.0651. The van der Waals surface area contributed by atoms with Crippen molar-refractivity contribution in [2.75, 3.05) is 5.32 Å². The Kier molecular flexibility index (Phi) is 2.89. The van der Waals surface area contributed by atoms with E-state index in [9.17, 15) is 9.59 Å². The summed E-state index contributed by atoms with van der Waals surface area (Å²) < 4.78 is 5.60. The molecule has 1 unspecified atom stereocenters. The normalized spacial score (nSPS) is 21.1. The summed E-state index contributed by atoms with van der Waals surface area (Å²) in [5, 5.41) is 5.64. The first-order valence-corrected chi connectivity index (χ1v) is 6.49. The van der Waals surface area contributed by atoms with Gasteiger partial charge >= 0.3 is 0 Å². The lowest BCUT2D eigenvalue weighted by Gasteiger charge is -2.25. The molecule has 5 nitrogen and oxygen atoms in total. The number of benzene rings is 1. The number of amides is 2. The second-order valence-corrected chi connectivity index (χ2v) is 5.14. The second kappa shape index (κ2) is 4.57. The summed E-state index contributed by atoms with van der Waals surface area (Å²) in [6.45, 7) is 1.95. The molecule has 100 valence electrons. The SMILES string of the molecule is Cc1ccc2c(c1)NC(=O)C(CC(=O)NC1CC1)O2. The molecule has 2 aliphatic rings. The highest BCUT2D eigenvalue weighted by molar-refractivity contribution is 6.00. The van der Waals surface area contributed by atoms with Gasteiger partial charge in [-0.1, -0.05) is 6.07 Å². The van der Waals surface area contributed by atoms with Crippen LogP contribution in [0, 0.1) is 6.92 Å². The molecule has 0 aromatic heterocycles. The van der Waals surface area contributed by atoms with Gasteiger partial charge in [0.05, 0.1) is 12.1 Å². The van der Waals surface area contributed by atoms with Gasteiger partial charge in [0, 0.05) is 6.04 Å². The van der Waals surface area contributed by atoms with Crippen LogP contribution in [0.3, 0.4) is 0 Å². The predicted octanol–water partition coefficient (Wildman–Crippen LogP) is 1.36. The number of hydrogen-bond donors (Lipinski definition) is 2. The molecule has 1 fully saturated rings. The number of rotatable bonds is 3. The predicted molar refractivity (Wildman–Crippen MR) is 70.0 cm³/mol. The number of carbonyl (C=O) groups excluding carboxylic acids is 2. The fraction of sp³-hybridized carbons (Fsp3) is 0.429. The van der Waals surface area contributed by atoms with Gasteiger partial charge in [0.25, 0.3) is 5.91 Å². The number of anilines is 1. The summed E-state index contributed by atoms with van der Waals surface area (Å²) in [6, 6.07) is 5.88. The molecule has 1 atom stereocenters. The van der Waals surface area contributed by atoms with Crippen molar-refractivity contribution in [3.8, 4) is 5.75 Å². The lowest BCUT2D eigenvalue weighted by Crippen LogP contribution is -2.41. The van der Waals surface area contributed by atoms with Crippen LogP contribution in [-0.2, 0) is 9.59 Å². The quantitative estimate of drug-likeness (QED) is 0.862. The Morgan fingerprint density at radius 2 is 2.26 bits per heavy atom. The van der Waals surface area contributed by atoms with E-state index in [4.69, 9.17) is 4.74 Å². The maximum absolute atomic E-state index is 11.9. The van der Waals surface area contributed by atoms with Crippen molar-refractivity contribution in [1.82, 2.24) is 5.32 Å². The van der Waals surface area contributed by atoms with E-state index in [1.165, 1.54) is 0 Å². The Morgan fingerprint density at radius 1 is 1.47 bits per heavy atom. The topological polar surface area (TPSA) is 67.4 Å². The van der Waals surface area contributed by atoms with Crippen LogP contribution in [-0.4, -0.2) is 24.0 Å². The fourth-order valence-electron chi connectivity index (χ4n) is 2.08. The maximum Gasteiger partial charge on any atom is 0.266 e. The second-order valence-electron chi connectivity index (χ2n) is 5.14. The Bertz CT molecular complexity index is 537. The van der Waals surface area contributed by atoms with Crippen molar-refractivity contribution in [2.45, 2.75) is 38.3 Å². The van der Waals surface area contributed by atoms with Crippen LogP contribution >= 0.6 is 0 Å². The molecule has 3 rings (SSSR count). The summed E-state index contributed by atoms with van der Waals surface area (Å²) in [6.07, 6.45) is 1.39. The number of aryl methyl sites for hydroxylation is 1. The van der Waals surface area contributed by atoms with E-state index in [1.807, 2.05) is 25.1 Å². The molecule has 19 heavy (non-hydrogen) atoms. The van der Waals surface area contributed by atoms with E-state index in [1.54, 1.807) is 0 Å². The van der Waals surface area contributed by atoms with Gasteiger partial charge in [0.15, 0.2) is 6.10 Å². The summed E-state index contributed by atoms with van der Waals surface area (Å²) in [5.41, 5.74) is 1.72. The molecular formula is C14H16N2O3. The van der Waals surface area contributed by atoms with Gasteiger partial charge in [-0.2, -0.15) is 0 Å². The summed E-state index contributed by atoms with van der Waals surface area (Å²) in [4.78, 5) is 23.6. The molecule has 1 aromatic rings. The third-order valence-corrected chi connectivity index (χ3v) is 3.27. The molecule has 1 saturated carbocycles. The van der Waals surface area contributed by atoms with Gasteiger partial charge < -0.3 is 15.4 Å². The molecule has 1 aliphatic carbocycles. The summed E-state index contributed by atoms with van der Waals surface area (Å²) in [7, 11) is 0. The smallest absolute Gasteiger partial charge is 0.266 e. The number of ether oxygens (including phenoxy) is 1. The largest absolute Gasteiger partial charge is 0.478 e. The zero-order chi connectivity index (χ0) is 13.4. The minimum Gasteiger partial charge on any atom is -0.478 e. The van der Waals surface area contributed by atoms with Crippen LogP contribution in [0.2, 0.25) is 0 Å². The van der Waals surface area contributed by atoms with Crippen LogP contribution in [0.1, 0.15) is 24.8 Å². The fourth-order valence-corrected chi connectivity index (χ4v) is 2.08. The van der Waals surface area contributed by atoms with Gasteiger partial charge in [-0.25, -0.2) is 0 Å². The minimum atomic E-state index is -0.742. The van der Waals surface area contributed by atoms with Crippen molar-refractivity contribution >= 4 is 17.5 Å². The first-order chi connectivity index (χ1) is 9.11. The molecule has 1 aliphatic heterocycles. The summed E-state index contributed by atoms with van der Waals surface area (Å²) >= 11 is 0. The number of fused-ring (bicyclic) bond motifs is 1. The van der Waals surface area contributed by atoms with E-state index in [0.29, 0.717) is 17.5 Å². The average Bonchev–Trinajstić information content (AvgIpc) is 3.14. The molecule has 0 saturated heterocycles. The molecule has 0 radical (unpaired) electrons.